The number of carbonyl (C=O) groups excluding carboxylic acids is 2. The molecule has 7 nitrogen and oxygen atoms in total. The molecule has 1 aliphatic heterocycles. The van der Waals surface area contributed by atoms with E-state index in [9.17, 15) is 18.0 Å². The molecular formula is C21H24ClN3O4S. The van der Waals surface area contributed by atoms with E-state index in [1.165, 1.54) is 4.90 Å². The Balaban J connectivity index is 1.96. The number of aryl methyl sites for hydroxylation is 1. The van der Waals surface area contributed by atoms with Crippen LogP contribution in [0.5, 0.6) is 0 Å². The molecule has 0 spiro atoms. The summed E-state index contributed by atoms with van der Waals surface area (Å²) in [5, 5.41) is 3.43. The van der Waals surface area contributed by atoms with Gasteiger partial charge >= 0.3 is 0 Å². The van der Waals surface area contributed by atoms with E-state index in [4.69, 9.17) is 11.6 Å². The second kappa shape index (κ2) is 8.37. The summed E-state index contributed by atoms with van der Waals surface area (Å²) in [6, 6.07) is 14.3. The van der Waals surface area contributed by atoms with Crippen molar-refractivity contribution in [3.05, 3.63) is 64.7 Å². The molecule has 160 valence electrons. The van der Waals surface area contributed by atoms with Gasteiger partial charge in [0.25, 0.3) is 0 Å². The molecule has 1 saturated heterocycles. The summed E-state index contributed by atoms with van der Waals surface area (Å²) < 4.78 is 25.4. The lowest BCUT2D eigenvalue weighted by atomic mass is 9.93. The number of para-hydroxylation sites is 1. The van der Waals surface area contributed by atoms with Crippen molar-refractivity contribution in [1.82, 2.24) is 9.62 Å². The van der Waals surface area contributed by atoms with E-state index in [0.717, 1.165) is 21.7 Å². The van der Waals surface area contributed by atoms with Crippen molar-refractivity contribution in [3.8, 4) is 0 Å². The molecule has 0 saturated carbocycles. The summed E-state index contributed by atoms with van der Waals surface area (Å²) in [6.45, 7) is 3.20. The van der Waals surface area contributed by atoms with Crippen LogP contribution in [-0.2, 0) is 26.2 Å². The predicted molar refractivity (Wildman–Crippen MR) is 117 cm³/mol. The number of benzene rings is 2. The van der Waals surface area contributed by atoms with E-state index in [-0.39, 0.29) is 19.6 Å². The largest absolute Gasteiger partial charge is 0.350 e. The molecule has 2 aromatic rings. The fourth-order valence-corrected chi connectivity index (χ4v) is 4.52. The van der Waals surface area contributed by atoms with Crippen molar-refractivity contribution in [3.63, 3.8) is 0 Å². The molecule has 1 N–H and O–H groups in total. The quantitative estimate of drug-likeness (QED) is 0.759. The topological polar surface area (TPSA) is 86.8 Å². The molecule has 2 aromatic carbocycles. The zero-order chi connectivity index (χ0) is 22.1. The van der Waals surface area contributed by atoms with E-state index < -0.39 is 27.4 Å². The number of sulfonamides is 1. The maximum atomic E-state index is 13.3. The Morgan fingerprint density at radius 2 is 1.80 bits per heavy atom. The van der Waals surface area contributed by atoms with Crippen LogP contribution in [0.2, 0.25) is 5.02 Å². The summed E-state index contributed by atoms with van der Waals surface area (Å²) in [7, 11) is -3.66. The smallest absolute Gasteiger partial charge is 0.247 e. The summed E-state index contributed by atoms with van der Waals surface area (Å²) in [5.74, 6) is -0.896. The summed E-state index contributed by atoms with van der Waals surface area (Å²) in [5.41, 5.74) is 0.813. The molecule has 0 unspecified atom stereocenters. The Kier molecular flexibility index (Phi) is 6.21. The Bertz CT molecular complexity index is 1070. The van der Waals surface area contributed by atoms with E-state index in [1.807, 2.05) is 19.1 Å². The Labute approximate surface area is 181 Å². The zero-order valence-electron chi connectivity index (χ0n) is 17.1. The first kappa shape index (κ1) is 22.3. The van der Waals surface area contributed by atoms with Crippen molar-refractivity contribution in [2.45, 2.75) is 25.9 Å². The van der Waals surface area contributed by atoms with Gasteiger partial charge in [-0.25, -0.2) is 8.42 Å². The molecule has 0 aromatic heterocycles. The van der Waals surface area contributed by atoms with Crippen LogP contribution in [0.4, 0.5) is 5.69 Å². The second-order valence-electron chi connectivity index (χ2n) is 7.63. The van der Waals surface area contributed by atoms with Crippen molar-refractivity contribution < 1.29 is 18.0 Å². The van der Waals surface area contributed by atoms with Crippen molar-refractivity contribution in [2.24, 2.45) is 0 Å². The van der Waals surface area contributed by atoms with Gasteiger partial charge < -0.3 is 5.32 Å². The van der Waals surface area contributed by atoms with Crippen LogP contribution in [0.1, 0.15) is 18.1 Å². The average Bonchev–Trinajstić information content (AvgIpc) is 2.67. The van der Waals surface area contributed by atoms with Gasteiger partial charge in [-0.1, -0.05) is 41.9 Å². The molecule has 9 heteroatoms. The Hall–Kier alpha value is -2.42. The van der Waals surface area contributed by atoms with Gasteiger partial charge in [0.1, 0.15) is 5.54 Å². The highest BCUT2D eigenvalue weighted by Crippen LogP contribution is 2.32. The first-order chi connectivity index (χ1) is 14.0. The second-order valence-corrected chi connectivity index (χ2v) is 10.0. The third-order valence-electron chi connectivity index (χ3n) is 5.22. The fourth-order valence-electron chi connectivity index (χ4n) is 3.56. The number of hydrogen-bond donors (Lipinski definition) is 1. The van der Waals surface area contributed by atoms with E-state index in [0.29, 0.717) is 10.7 Å². The number of hydrogen-bond acceptors (Lipinski definition) is 4. The van der Waals surface area contributed by atoms with Gasteiger partial charge in [0.05, 0.1) is 12.8 Å². The van der Waals surface area contributed by atoms with Gasteiger partial charge in [-0.2, -0.15) is 4.31 Å². The minimum absolute atomic E-state index is 0.141. The molecule has 0 radical (unpaired) electrons. The molecule has 3 rings (SSSR count). The molecule has 1 aliphatic rings. The van der Waals surface area contributed by atoms with Crippen LogP contribution in [0.15, 0.2) is 48.5 Å². The number of amides is 2. The lowest BCUT2D eigenvalue weighted by molar-refractivity contribution is -0.133. The normalized spacial score (nSPS) is 20.3. The third kappa shape index (κ3) is 4.50. The summed E-state index contributed by atoms with van der Waals surface area (Å²) >= 11 is 5.90. The SMILES string of the molecule is Cc1ccccc1N1C(=O)CN(S(C)(=O)=O)C[C@@]1(C)C(=O)NCc1ccc(Cl)cc1. The molecule has 30 heavy (non-hydrogen) atoms. The van der Waals surface area contributed by atoms with Gasteiger partial charge in [-0.05, 0) is 43.2 Å². The minimum Gasteiger partial charge on any atom is -0.350 e. The van der Waals surface area contributed by atoms with Gasteiger partial charge in [-0.3, -0.25) is 14.5 Å². The highest BCUT2D eigenvalue weighted by atomic mass is 35.5. The molecule has 2 amide bonds. The number of piperazine rings is 1. The Morgan fingerprint density at radius 3 is 2.40 bits per heavy atom. The number of anilines is 1. The van der Waals surface area contributed by atoms with Crippen LogP contribution in [0.3, 0.4) is 0 Å². The van der Waals surface area contributed by atoms with Gasteiger partial charge in [-0.15, -0.1) is 0 Å². The van der Waals surface area contributed by atoms with Crippen LogP contribution < -0.4 is 10.2 Å². The lowest BCUT2D eigenvalue weighted by Gasteiger charge is -2.46. The van der Waals surface area contributed by atoms with Crippen LogP contribution in [0, 0.1) is 6.92 Å². The van der Waals surface area contributed by atoms with Crippen molar-refractivity contribution in [2.75, 3.05) is 24.2 Å². The Morgan fingerprint density at radius 1 is 1.17 bits per heavy atom. The van der Waals surface area contributed by atoms with Gasteiger partial charge in [0.2, 0.25) is 21.8 Å². The van der Waals surface area contributed by atoms with Gasteiger partial charge in [0.15, 0.2) is 0 Å². The summed E-state index contributed by atoms with van der Waals surface area (Å²) in [6.07, 6.45) is 1.04. The third-order valence-corrected chi connectivity index (χ3v) is 6.67. The molecule has 1 fully saturated rings. The lowest BCUT2D eigenvalue weighted by Crippen LogP contribution is -2.70. The monoisotopic (exact) mass is 449 g/mol. The average molecular weight is 450 g/mol. The molecule has 1 atom stereocenters. The van der Waals surface area contributed by atoms with Crippen molar-refractivity contribution >= 4 is 39.1 Å². The maximum Gasteiger partial charge on any atom is 0.247 e. The fraction of sp³-hybridized carbons (Fsp3) is 0.333. The number of nitrogens with one attached hydrogen (secondary N) is 1. The van der Waals surface area contributed by atoms with Gasteiger partial charge in [0, 0.05) is 23.8 Å². The standard InChI is InChI=1S/C21H24ClN3O4S/c1-15-6-4-5-7-18(15)25-19(26)13-24(30(3,28)29)14-21(25,2)20(27)23-12-16-8-10-17(22)11-9-16/h4-11H,12-14H2,1-3H3,(H,23,27)/t21-/m0/s1. The highest BCUT2D eigenvalue weighted by molar-refractivity contribution is 7.88. The zero-order valence-corrected chi connectivity index (χ0v) is 18.6. The van der Waals surface area contributed by atoms with Crippen LogP contribution in [0.25, 0.3) is 0 Å². The number of rotatable bonds is 5. The molecule has 1 heterocycles. The van der Waals surface area contributed by atoms with E-state index in [1.54, 1.807) is 43.3 Å². The van der Waals surface area contributed by atoms with Crippen molar-refractivity contribution in [1.29, 1.82) is 0 Å². The van der Waals surface area contributed by atoms with E-state index in [2.05, 4.69) is 5.32 Å². The predicted octanol–water partition coefficient (Wildman–Crippen LogP) is 2.33. The number of nitrogens with zero attached hydrogens (tertiary/aromatic N) is 2. The first-order valence-electron chi connectivity index (χ1n) is 9.39. The summed E-state index contributed by atoms with van der Waals surface area (Å²) in [4.78, 5) is 27.8. The van der Waals surface area contributed by atoms with Crippen LogP contribution in [-0.4, -0.2) is 49.4 Å². The number of halogens is 1. The highest BCUT2D eigenvalue weighted by Gasteiger charge is 2.50. The molecule has 0 aliphatic carbocycles. The molecular weight excluding hydrogens is 426 g/mol. The van der Waals surface area contributed by atoms with E-state index >= 15 is 0 Å². The maximum absolute atomic E-state index is 13.3. The van der Waals surface area contributed by atoms with Crippen LogP contribution >= 0.6 is 11.6 Å². The number of carbonyl (C=O) groups is 2. The minimum atomic E-state index is -3.66. The first-order valence-corrected chi connectivity index (χ1v) is 11.6. The molecule has 0 bridgehead atoms.